The quantitative estimate of drug-likeness (QED) is 0.605. The lowest BCUT2D eigenvalue weighted by Crippen LogP contribution is -2.50. The fourth-order valence-electron chi connectivity index (χ4n) is 4.68. The Kier molecular flexibility index (Phi) is 6.86. The van der Waals surface area contributed by atoms with Crippen molar-refractivity contribution in [1.82, 2.24) is 9.21 Å². The Bertz CT molecular complexity index is 1100. The number of piperidine rings is 1. The second-order valence-corrected chi connectivity index (χ2v) is 10.7. The summed E-state index contributed by atoms with van der Waals surface area (Å²) in [6, 6.07) is 13.1. The van der Waals surface area contributed by atoms with Crippen LogP contribution >= 0.6 is 0 Å². The van der Waals surface area contributed by atoms with Gasteiger partial charge in [0, 0.05) is 31.1 Å². The molecule has 0 bridgehead atoms. The lowest BCUT2D eigenvalue weighted by atomic mass is 9.88. The van der Waals surface area contributed by atoms with Gasteiger partial charge in [-0.05, 0) is 69.0 Å². The molecule has 0 spiro atoms. The predicted molar refractivity (Wildman–Crippen MR) is 125 cm³/mol. The molecule has 176 valence electrons. The van der Waals surface area contributed by atoms with Gasteiger partial charge in [0.15, 0.2) is 5.78 Å². The highest BCUT2D eigenvalue weighted by Crippen LogP contribution is 2.30. The number of rotatable bonds is 6. The fourth-order valence-corrected chi connectivity index (χ4v) is 6.33. The summed E-state index contributed by atoms with van der Waals surface area (Å²) in [6.45, 7) is 3.17. The van der Waals surface area contributed by atoms with Crippen molar-refractivity contribution < 1.29 is 22.7 Å². The minimum absolute atomic E-state index is 0.0780. The van der Waals surface area contributed by atoms with E-state index in [1.807, 2.05) is 6.92 Å². The van der Waals surface area contributed by atoms with Gasteiger partial charge >= 0.3 is 0 Å². The molecule has 2 aliphatic rings. The molecular formula is C25H30N2O5S. The van der Waals surface area contributed by atoms with E-state index in [-0.39, 0.29) is 22.5 Å². The molecule has 0 saturated carbocycles. The van der Waals surface area contributed by atoms with E-state index in [0.717, 1.165) is 5.56 Å². The first kappa shape index (κ1) is 23.4. The number of likely N-dealkylation sites (tertiary alicyclic amines) is 1. The topological polar surface area (TPSA) is 84.0 Å². The molecule has 2 saturated heterocycles. The van der Waals surface area contributed by atoms with E-state index in [4.69, 9.17) is 4.74 Å². The van der Waals surface area contributed by atoms with E-state index < -0.39 is 16.1 Å². The number of sulfonamides is 1. The third-order valence-electron chi connectivity index (χ3n) is 6.67. The van der Waals surface area contributed by atoms with E-state index >= 15 is 0 Å². The molecule has 33 heavy (non-hydrogen) atoms. The van der Waals surface area contributed by atoms with Gasteiger partial charge in [0.25, 0.3) is 0 Å². The number of hydrogen-bond acceptors (Lipinski definition) is 5. The zero-order valence-electron chi connectivity index (χ0n) is 19.1. The van der Waals surface area contributed by atoms with Crippen molar-refractivity contribution in [1.29, 1.82) is 0 Å². The predicted octanol–water partition coefficient (Wildman–Crippen LogP) is 3.28. The molecule has 1 amide bonds. The highest BCUT2D eigenvalue weighted by Gasteiger charge is 2.42. The molecule has 1 atom stereocenters. The first-order chi connectivity index (χ1) is 15.8. The van der Waals surface area contributed by atoms with Gasteiger partial charge in [0.05, 0.1) is 12.0 Å². The van der Waals surface area contributed by atoms with Gasteiger partial charge in [-0.3, -0.25) is 9.59 Å². The number of amides is 1. The normalized spacial score (nSPS) is 20.1. The standard InChI is InChI=1S/C25H30N2O5S/c1-18-5-11-22(12-6-18)33(30,31)27-15-3-4-23(27)25(29)26-16-13-20(14-17-26)24(28)19-7-9-21(32-2)10-8-19/h5-12,20,23H,3-4,13-17H2,1-2H3/t23-/m0/s1. The van der Waals surface area contributed by atoms with Crippen LogP contribution < -0.4 is 4.74 Å². The van der Waals surface area contributed by atoms with Gasteiger partial charge in [-0.15, -0.1) is 0 Å². The van der Waals surface area contributed by atoms with Crippen LogP contribution in [0, 0.1) is 12.8 Å². The molecule has 2 fully saturated rings. The number of carbonyl (C=O) groups excluding carboxylic acids is 2. The van der Waals surface area contributed by atoms with Gasteiger partial charge in [-0.2, -0.15) is 4.31 Å². The average molecular weight is 471 g/mol. The third-order valence-corrected chi connectivity index (χ3v) is 8.59. The van der Waals surface area contributed by atoms with Gasteiger partial charge < -0.3 is 9.64 Å². The molecule has 8 heteroatoms. The number of hydrogen-bond donors (Lipinski definition) is 0. The summed E-state index contributed by atoms with van der Waals surface area (Å²) in [5.74, 6) is 0.486. The Morgan fingerprint density at radius 1 is 0.909 bits per heavy atom. The summed E-state index contributed by atoms with van der Waals surface area (Å²) in [7, 11) is -2.15. The molecular weight excluding hydrogens is 440 g/mol. The molecule has 2 aromatic carbocycles. The van der Waals surface area contributed by atoms with Gasteiger partial charge in [0.1, 0.15) is 11.8 Å². The van der Waals surface area contributed by atoms with Crippen molar-refractivity contribution in [3.05, 3.63) is 59.7 Å². The number of nitrogens with zero attached hydrogens (tertiary/aromatic N) is 2. The monoisotopic (exact) mass is 470 g/mol. The van der Waals surface area contributed by atoms with Crippen molar-refractivity contribution in [2.45, 2.75) is 43.5 Å². The van der Waals surface area contributed by atoms with Crippen molar-refractivity contribution in [2.24, 2.45) is 5.92 Å². The van der Waals surface area contributed by atoms with Crippen LogP contribution in [0.4, 0.5) is 0 Å². The Hall–Kier alpha value is -2.71. The lowest BCUT2D eigenvalue weighted by molar-refractivity contribution is -0.135. The van der Waals surface area contributed by atoms with Crippen molar-refractivity contribution in [3.8, 4) is 5.75 Å². The second kappa shape index (κ2) is 9.65. The summed E-state index contributed by atoms with van der Waals surface area (Å²) < 4.78 is 32.9. The Labute approximate surface area is 195 Å². The van der Waals surface area contributed by atoms with E-state index in [9.17, 15) is 18.0 Å². The van der Waals surface area contributed by atoms with Gasteiger partial charge in [-0.25, -0.2) is 8.42 Å². The maximum Gasteiger partial charge on any atom is 0.243 e. The van der Waals surface area contributed by atoms with Crippen LogP contribution in [0.15, 0.2) is 53.4 Å². The number of carbonyl (C=O) groups is 2. The SMILES string of the molecule is COc1ccc(C(=O)C2CCN(C(=O)[C@@H]3CCCN3S(=O)(=O)c3ccc(C)cc3)CC2)cc1. The van der Waals surface area contributed by atoms with Crippen LogP contribution in [0.2, 0.25) is 0 Å². The first-order valence-corrected chi connectivity index (χ1v) is 12.8. The number of aryl methyl sites for hydroxylation is 1. The van der Waals surface area contributed by atoms with E-state index in [1.54, 1.807) is 60.5 Å². The third kappa shape index (κ3) is 4.82. The zero-order chi connectivity index (χ0) is 23.6. The molecule has 7 nitrogen and oxygen atoms in total. The number of methoxy groups -OCH3 is 1. The Balaban J connectivity index is 1.40. The van der Waals surface area contributed by atoms with Crippen LogP contribution in [0.5, 0.6) is 5.75 Å². The minimum atomic E-state index is -3.73. The van der Waals surface area contributed by atoms with Crippen LogP contribution in [-0.2, 0) is 14.8 Å². The van der Waals surface area contributed by atoms with Crippen LogP contribution in [-0.4, -0.2) is 62.1 Å². The first-order valence-electron chi connectivity index (χ1n) is 11.4. The zero-order valence-corrected chi connectivity index (χ0v) is 19.9. The molecule has 0 radical (unpaired) electrons. The van der Waals surface area contributed by atoms with Crippen LogP contribution in [0.3, 0.4) is 0 Å². The maximum atomic E-state index is 13.3. The van der Waals surface area contributed by atoms with Crippen molar-refractivity contribution in [3.63, 3.8) is 0 Å². The second-order valence-electron chi connectivity index (χ2n) is 8.78. The fraction of sp³-hybridized carbons (Fsp3) is 0.440. The van der Waals surface area contributed by atoms with Crippen LogP contribution in [0.1, 0.15) is 41.6 Å². The molecule has 2 aromatic rings. The molecule has 0 aliphatic carbocycles. The van der Waals surface area contributed by atoms with Crippen LogP contribution in [0.25, 0.3) is 0 Å². The minimum Gasteiger partial charge on any atom is -0.497 e. The largest absolute Gasteiger partial charge is 0.497 e. The summed E-state index contributed by atoms with van der Waals surface area (Å²) in [5.41, 5.74) is 1.63. The molecule has 0 aromatic heterocycles. The van der Waals surface area contributed by atoms with Crippen molar-refractivity contribution >= 4 is 21.7 Å². The van der Waals surface area contributed by atoms with Crippen molar-refractivity contribution in [2.75, 3.05) is 26.7 Å². The molecule has 0 N–H and O–H groups in total. The highest BCUT2D eigenvalue weighted by molar-refractivity contribution is 7.89. The van der Waals surface area contributed by atoms with Gasteiger partial charge in [0.2, 0.25) is 15.9 Å². The maximum absolute atomic E-state index is 13.3. The number of Topliss-reactive ketones (excluding diaryl/α,β-unsaturated/α-hetero) is 1. The average Bonchev–Trinajstić information content (AvgIpc) is 3.35. The molecule has 0 unspecified atom stereocenters. The van der Waals surface area contributed by atoms with E-state index in [2.05, 4.69) is 0 Å². The summed E-state index contributed by atoms with van der Waals surface area (Å²) in [6.07, 6.45) is 2.34. The number of ether oxygens (including phenoxy) is 1. The Morgan fingerprint density at radius 3 is 2.15 bits per heavy atom. The smallest absolute Gasteiger partial charge is 0.243 e. The Morgan fingerprint density at radius 2 is 1.55 bits per heavy atom. The number of benzene rings is 2. The van der Waals surface area contributed by atoms with E-state index in [0.29, 0.717) is 56.6 Å². The number of ketones is 1. The summed E-state index contributed by atoms with van der Waals surface area (Å²) in [4.78, 5) is 28.1. The lowest BCUT2D eigenvalue weighted by Gasteiger charge is -2.34. The molecule has 2 heterocycles. The summed E-state index contributed by atoms with van der Waals surface area (Å²) in [5, 5.41) is 0. The highest BCUT2D eigenvalue weighted by atomic mass is 32.2. The molecule has 4 rings (SSSR count). The molecule has 2 aliphatic heterocycles. The summed E-state index contributed by atoms with van der Waals surface area (Å²) >= 11 is 0. The van der Waals surface area contributed by atoms with E-state index in [1.165, 1.54) is 4.31 Å². The van der Waals surface area contributed by atoms with Gasteiger partial charge in [-0.1, -0.05) is 17.7 Å².